The number of tetrazole rings is 1. The summed E-state index contributed by atoms with van der Waals surface area (Å²) in [6, 6.07) is 6.22. The molecular formula is C18H27N5O2. The molecule has 1 aliphatic heterocycles. The number of para-hydroxylation sites is 1. The van der Waals surface area contributed by atoms with Crippen molar-refractivity contribution in [3.8, 4) is 5.69 Å². The standard InChI is InChI=1S/C18H27N5O2/c1-13-7-6-8-14(2)17(13)23-16(19-20-21-23)10-22-9-15(11-24-5)25-18(3,4)12-22/h6-8,15H,9-12H2,1-5H3/t15-/m0/s1. The number of morpholine rings is 1. The molecule has 1 atom stereocenters. The van der Waals surface area contributed by atoms with Crippen molar-refractivity contribution in [3.05, 3.63) is 35.2 Å². The van der Waals surface area contributed by atoms with Gasteiger partial charge in [-0.2, -0.15) is 4.68 Å². The molecular weight excluding hydrogens is 318 g/mol. The number of aryl methyl sites for hydroxylation is 2. The van der Waals surface area contributed by atoms with Gasteiger partial charge in [0, 0.05) is 20.2 Å². The molecule has 136 valence electrons. The Kier molecular flexibility index (Phi) is 5.17. The van der Waals surface area contributed by atoms with E-state index in [2.05, 4.69) is 66.3 Å². The quantitative estimate of drug-likeness (QED) is 0.825. The normalized spacial score (nSPS) is 20.8. The molecule has 2 aromatic rings. The van der Waals surface area contributed by atoms with Crippen LogP contribution in [0.5, 0.6) is 0 Å². The van der Waals surface area contributed by atoms with Gasteiger partial charge in [-0.15, -0.1) is 5.10 Å². The highest BCUT2D eigenvalue weighted by Gasteiger charge is 2.34. The summed E-state index contributed by atoms with van der Waals surface area (Å²) in [6.07, 6.45) is 0.0540. The number of nitrogens with zero attached hydrogens (tertiary/aromatic N) is 5. The summed E-state index contributed by atoms with van der Waals surface area (Å²) in [5, 5.41) is 12.4. The minimum absolute atomic E-state index is 0.0540. The molecule has 0 bridgehead atoms. The van der Waals surface area contributed by atoms with Crippen molar-refractivity contribution in [1.29, 1.82) is 0 Å². The van der Waals surface area contributed by atoms with Crippen molar-refractivity contribution in [3.63, 3.8) is 0 Å². The zero-order valence-electron chi connectivity index (χ0n) is 15.7. The van der Waals surface area contributed by atoms with E-state index in [1.54, 1.807) is 7.11 Å². The molecule has 7 heteroatoms. The van der Waals surface area contributed by atoms with E-state index in [0.717, 1.165) is 35.7 Å². The second-order valence-electron chi connectivity index (χ2n) is 7.37. The Labute approximate surface area is 148 Å². The molecule has 0 N–H and O–H groups in total. The van der Waals surface area contributed by atoms with E-state index in [-0.39, 0.29) is 11.7 Å². The molecule has 1 aromatic heterocycles. The van der Waals surface area contributed by atoms with Crippen LogP contribution in [0.25, 0.3) is 5.69 Å². The highest BCUT2D eigenvalue weighted by Crippen LogP contribution is 2.24. The Balaban J connectivity index is 1.84. The number of ether oxygens (including phenoxy) is 2. The predicted octanol–water partition coefficient (Wildman–Crippen LogP) is 1.90. The summed E-state index contributed by atoms with van der Waals surface area (Å²) < 4.78 is 13.2. The number of hydrogen-bond donors (Lipinski definition) is 0. The fourth-order valence-electron chi connectivity index (χ4n) is 3.63. The lowest BCUT2D eigenvalue weighted by Crippen LogP contribution is -2.53. The van der Waals surface area contributed by atoms with E-state index in [4.69, 9.17) is 9.47 Å². The molecule has 0 aliphatic carbocycles. The summed E-state index contributed by atoms with van der Waals surface area (Å²) in [6.45, 7) is 11.3. The Morgan fingerprint density at radius 1 is 1.28 bits per heavy atom. The highest BCUT2D eigenvalue weighted by atomic mass is 16.5. The molecule has 0 amide bonds. The second-order valence-corrected chi connectivity index (χ2v) is 7.37. The van der Waals surface area contributed by atoms with Crippen LogP contribution in [0.3, 0.4) is 0 Å². The summed E-state index contributed by atoms with van der Waals surface area (Å²) in [5.74, 6) is 0.839. The monoisotopic (exact) mass is 345 g/mol. The Hall–Kier alpha value is -1.83. The van der Waals surface area contributed by atoms with Crippen LogP contribution in [0, 0.1) is 13.8 Å². The van der Waals surface area contributed by atoms with Crippen molar-refractivity contribution in [2.75, 3.05) is 26.8 Å². The third kappa shape index (κ3) is 4.05. The second kappa shape index (κ2) is 7.19. The maximum absolute atomic E-state index is 6.09. The zero-order valence-corrected chi connectivity index (χ0v) is 15.7. The lowest BCUT2D eigenvalue weighted by Gasteiger charge is -2.42. The molecule has 2 heterocycles. The maximum Gasteiger partial charge on any atom is 0.170 e. The third-order valence-electron chi connectivity index (χ3n) is 4.45. The van der Waals surface area contributed by atoms with Crippen LogP contribution in [0.15, 0.2) is 18.2 Å². The number of rotatable bonds is 5. The van der Waals surface area contributed by atoms with E-state index >= 15 is 0 Å². The maximum atomic E-state index is 6.09. The van der Waals surface area contributed by atoms with E-state index in [1.807, 2.05) is 4.68 Å². The van der Waals surface area contributed by atoms with Gasteiger partial charge in [0.25, 0.3) is 0 Å². The zero-order chi connectivity index (χ0) is 18.0. The van der Waals surface area contributed by atoms with Gasteiger partial charge >= 0.3 is 0 Å². The molecule has 25 heavy (non-hydrogen) atoms. The summed E-state index contributed by atoms with van der Waals surface area (Å²) >= 11 is 0. The summed E-state index contributed by atoms with van der Waals surface area (Å²) in [4.78, 5) is 2.34. The molecule has 1 saturated heterocycles. The van der Waals surface area contributed by atoms with Crippen molar-refractivity contribution < 1.29 is 9.47 Å². The van der Waals surface area contributed by atoms with Gasteiger partial charge in [0.1, 0.15) is 0 Å². The first kappa shape index (κ1) is 18.0. The largest absolute Gasteiger partial charge is 0.382 e. The summed E-state index contributed by atoms with van der Waals surface area (Å²) in [5.41, 5.74) is 3.16. The Morgan fingerprint density at radius 2 is 2.00 bits per heavy atom. The highest BCUT2D eigenvalue weighted by molar-refractivity contribution is 5.46. The van der Waals surface area contributed by atoms with Gasteiger partial charge in [-0.25, -0.2) is 0 Å². The molecule has 3 rings (SSSR count). The molecule has 1 fully saturated rings. The number of methoxy groups -OCH3 is 1. The lowest BCUT2D eigenvalue weighted by molar-refractivity contribution is -0.154. The molecule has 7 nitrogen and oxygen atoms in total. The topological polar surface area (TPSA) is 65.3 Å². The van der Waals surface area contributed by atoms with Gasteiger partial charge in [0.15, 0.2) is 5.82 Å². The van der Waals surface area contributed by atoms with E-state index in [1.165, 1.54) is 0 Å². The minimum Gasteiger partial charge on any atom is -0.382 e. The van der Waals surface area contributed by atoms with Gasteiger partial charge in [0.2, 0.25) is 0 Å². The average Bonchev–Trinajstić information content (AvgIpc) is 2.93. The van der Waals surface area contributed by atoms with Crippen LogP contribution in [0.2, 0.25) is 0 Å². The molecule has 0 unspecified atom stereocenters. The first-order valence-corrected chi connectivity index (χ1v) is 8.62. The molecule has 1 aromatic carbocycles. The van der Waals surface area contributed by atoms with Crippen LogP contribution in [-0.4, -0.2) is 63.6 Å². The molecule has 0 spiro atoms. The number of hydrogen-bond acceptors (Lipinski definition) is 6. The molecule has 0 saturated carbocycles. The first-order chi connectivity index (χ1) is 11.9. The molecule has 1 aliphatic rings. The van der Waals surface area contributed by atoms with E-state index in [0.29, 0.717) is 13.2 Å². The Morgan fingerprint density at radius 3 is 2.68 bits per heavy atom. The predicted molar refractivity (Wildman–Crippen MR) is 94.7 cm³/mol. The van der Waals surface area contributed by atoms with E-state index < -0.39 is 0 Å². The Bertz CT molecular complexity index is 708. The van der Waals surface area contributed by atoms with Crippen molar-refractivity contribution >= 4 is 0 Å². The molecule has 0 radical (unpaired) electrons. The van der Waals surface area contributed by atoms with Crippen LogP contribution in [-0.2, 0) is 16.0 Å². The van der Waals surface area contributed by atoms with Gasteiger partial charge in [-0.3, -0.25) is 4.90 Å². The summed E-state index contributed by atoms with van der Waals surface area (Å²) in [7, 11) is 1.71. The number of aromatic nitrogens is 4. The fourth-order valence-corrected chi connectivity index (χ4v) is 3.63. The van der Waals surface area contributed by atoms with E-state index in [9.17, 15) is 0 Å². The van der Waals surface area contributed by atoms with Gasteiger partial charge in [-0.05, 0) is 49.2 Å². The smallest absolute Gasteiger partial charge is 0.170 e. The average molecular weight is 345 g/mol. The lowest BCUT2D eigenvalue weighted by atomic mass is 10.1. The first-order valence-electron chi connectivity index (χ1n) is 8.62. The van der Waals surface area contributed by atoms with Gasteiger partial charge < -0.3 is 9.47 Å². The van der Waals surface area contributed by atoms with Crippen LogP contribution < -0.4 is 0 Å². The fraction of sp³-hybridized carbons (Fsp3) is 0.611. The van der Waals surface area contributed by atoms with Crippen LogP contribution >= 0.6 is 0 Å². The van der Waals surface area contributed by atoms with Crippen LogP contribution in [0.1, 0.15) is 30.8 Å². The van der Waals surface area contributed by atoms with Gasteiger partial charge in [-0.1, -0.05) is 18.2 Å². The van der Waals surface area contributed by atoms with Crippen molar-refractivity contribution in [2.24, 2.45) is 0 Å². The van der Waals surface area contributed by atoms with Crippen LogP contribution in [0.4, 0.5) is 0 Å². The number of benzene rings is 1. The minimum atomic E-state index is -0.224. The SMILES string of the molecule is COC[C@@H]1CN(Cc2nnnn2-c2c(C)cccc2C)CC(C)(C)O1. The van der Waals surface area contributed by atoms with Crippen molar-refractivity contribution in [1.82, 2.24) is 25.1 Å². The van der Waals surface area contributed by atoms with Crippen molar-refractivity contribution in [2.45, 2.75) is 45.9 Å². The van der Waals surface area contributed by atoms with Gasteiger partial charge in [0.05, 0.1) is 30.5 Å². The third-order valence-corrected chi connectivity index (χ3v) is 4.45.